The number of likely N-dealkylation sites (N-methyl/N-ethyl adjacent to an activating group) is 1. The molecule has 0 radical (unpaired) electrons. The van der Waals surface area contributed by atoms with Gasteiger partial charge in [0.25, 0.3) is 0 Å². The van der Waals surface area contributed by atoms with Gasteiger partial charge >= 0.3 is 0 Å². The monoisotopic (exact) mass is 338 g/mol. The van der Waals surface area contributed by atoms with Gasteiger partial charge in [0.05, 0.1) is 0 Å². The molecule has 0 aromatic heterocycles. The Morgan fingerprint density at radius 2 is 1.68 bits per heavy atom. The fourth-order valence-electron chi connectivity index (χ4n) is 3.66. The number of hydrogen-bond donors (Lipinski definition) is 0. The van der Waals surface area contributed by atoms with E-state index in [1.165, 1.54) is 29.7 Å². The van der Waals surface area contributed by atoms with Gasteiger partial charge in [-0.1, -0.05) is 30.3 Å². The molecule has 2 aromatic carbocycles. The first kappa shape index (κ1) is 16.4. The van der Waals surface area contributed by atoms with E-state index in [0.717, 1.165) is 24.6 Å². The molecule has 4 nitrogen and oxygen atoms in total. The topological polar surface area (TPSA) is 24.9 Å². The van der Waals surface area contributed by atoms with Crippen LogP contribution in [0.4, 0.5) is 0 Å². The molecule has 2 heterocycles. The highest BCUT2D eigenvalue weighted by molar-refractivity contribution is 5.67. The second-order valence-corrected chi connectivity index (χ2v) is 7.20. The number of ether oxygens (including phenoxy) is 2. The molecule has 0 spiro atoms. The number of rotatable bonds is 4. The summed E-state index contributed by atoms with van der Waals surface area (Å²) in [6, 6.07) is 15.8. The van der Waals surface area contributed by atoms with Crippen molar-refractivity contribution in [2.75, 3.05) is 40.4 Å². The maximum absolute atomic E-state index is 5.69. The first-order valence-electron chi connectivity index (χ1n) is 9.07. The van der Waals surface area contributed by atoms with Crippen molar-refractivity contribution in [3.05, 3.63) is 48.0 Å². The van der Waals surface area contributed by atoms with Crippen molar-refractivity contribution in [3.63, 3.8) is 0 Å². The van der Waals surface area contributed by atoms with Crippen LogP contribution in [0.1, 0.15) is 12.0 Å². The van der Waals surface area contributed by atoms with E-state index in [1.54, 1.807) is 0 Å². The van der Waals surface area contributed by atoms with Gasteiger partial charge in [0.15, 0.2) is 11.5 Å². The van der Waals surface area contributed by atoms with Gasteiger partial charge in [-0.2, -0.15) is 0 Å². The summed E-state index contributed by atoms with van der Waals surface area (Å²) in [5, 5.41) is 0. The lowest BCUT2D eigenvalue weighted by Crippen LogP contribution is -2.31. The summed E-state index contributed by atoms with van der Waals surface area (Å²) in [6.45, 7) is 4.64. The van der Waals surface area contributed by atoms with Crippen LogP contribution in [0.2, 0.25) is 0 Å². The van der Waals surface area contributed by atoms with Gasteiger partial charge in [0, 0.05) is 25.7 Å². The van der Waals surface area contributed by atoms with Crippen LogP contribution in [0.3, 0.4) is 0 Å². The summed E-state index contributed by atoms with van der Waals surface area (Å²) in [5.74, 6) is 1.69. The van der Waals surface area contributed by atoms with Crippen molar-refractivity contribution >= 4 is 0 Å². The van der Waals surface area contributed by atoms with E-state index in [0.29, 0.717) is 19.3 Å². The Bertz CT molecular complexity index is 727. The van der Waals surface area contributed by atoms with Crippen LogP contribution in [0.15, 0.2) is 42.5 Å². The molecule has 0 N–H and O–H groups in total. The van der Waals surface area contributed by atoms with Crippen LogP contribution in [-0.4, -0.2) is 56.2 Å². The zero-order valence-electron chi connectivity index (χ0n) is 15.1. The number of benzene rings is 2. The SMILES string of the molecule is CN(C)C1CCN(Cc2ccc(-c3ccc4c(c3)OCCO4)cc2)C1. The molecular formula is C21H26N2O2. The van der Waals surface area contributed by atoms with Crippen LogP contribution in [0, 0.1) is 0 Å². The van der Waals surface area contributed by atoms with E-state index >= 15 is 0 Å². The van der Waals surface area contributed by atoms with Crippen molar-refractivity contribution in [1.82, 2.24) is 9.80 Å². The zero-order valence-corrected chi connectivity index (χ0v) is 15.1. The highest BCUT2D eigenvalue weighted by Crippen LogP contribution is 2.34. The molecule has 1 fully saturated rings. The summed E-state index contributed by atoms with van der Waals surface area (Å²) >= 11 is 0. The van der Waals surface area contributed by atoms with E-state index in [-0.39, 0.29) is 0 Å². The minimum atomic E-state index is 0.624. The van der Waals surface area contributed by atoms with Crippen LogP contribution in [-0.2, 0) is 6.54 Å². The Morgan fingerprint density at radius 3 is 2.40 bits per heavy atom. The maximum atomic E-state index is 5.69. The van der Waals surface area contributed by atoms with E-state index in [4.69, 9.17) is 9.47 Å². The molecule has 0 bridgehead atoms. The fourth-order valence-corrected chi connectivity index (χ4v) is 3.66. The first-order valence-corrected chi connectivity index (χ1v) is 9.07. The first-order chi connectivity index (χ1) is 12.2. The molecular weight excluding hydrogens is 312 g/mol. The quantitative estimate of drug-likeness (QED) is 0.854. The second-order valence-electron chi connectivity index (χ2n) is 7.20. The van der Waals surface area contributed by atoms with E-state index in [1.807, 2.05) is 6.07 Å². The smallest absolute Gasteiger partial charge is 0.161 e. The second kappa shape index (κ2) is 7.06. The summed E-state index contributed by atoms with van der Waals surface area (Å²) in [4.78, 5) is 4.88. The molecule has 1 atom stereocenters. The summed E-state index contributed by atoms with van der Waals surface area (Å²) in [5.41, 5.74) is 3.76. The van der Waals surface area contributed by atoms with Gasteiger partial charge in [-0.25, -0.2) is 0 Å². The van der Waals surface area contributed by atoms with E-state index in [2.05, 4.69) is 60.3 Å². The van der Waals surface area contributed by atoms with Crippen LogP contribution >= 0.6 is 0 Å². The number of hydrogen-bond acceptors (Lipinski definition) is 4. The fraction of sp³-hybridized carbons (Fsp3) is 0.429. The predicted molar refractivity (Wildman–Crippen MR) is 100 cm³/mol. The molecule has 132 valence electrons. The lowest BCUT2D eigenvalue weighted by Gasteiger charge is -2.20. The summed E-state index contributed by atoms with van der Waals surface area (Å²) in [6.07, 6.45) is 1.27. The van der Waals surface area contributed by atoms with Crippen molar-refractivity contribution in [2.24, 2.45) is 0 Å². The Balaban J connectivity index is 1.44. The molecule has 0 amide bonds. The molecule has 2 aromatic rings. The van der Waals surface area contributed by atoms with Crippen molar-refractivity contribution in [1.29, 1.82) is 0 Å². The summed E-state index contributed by atoms with van der Waals surface area (Å²) < 4.78 is 11.3. The third kappa shape index (κ3) is 3.65. The van der Waals surface area contributed by atoms with Gasteiger partial charge in [0.2, 0.25) is 0 Å². The third-order valence-electron chi connectivity index (χ3n) is 5.21. The molecule has 1 unspecified atom stereocenters. The Labute approximate surface area is 150 Å². The van der Waals surface area contributed by atoms with Gasteiger partial charge in [0.1, 0.15) is 13.2 Å². The van der Waals surface area contributed by atoms with Crippen LogP contribution in [0.5, 0.6) is 11.5 Å². The minimum absolute atomic E-state index is 0.624. The van der Waals surface area contributed by atoms with E-state index in [9.17, 15) is 0 Å². The molecule has 0 saturated carbocycles. The average Bonchev–Trinajstić information content (AvgIpc) is 3.11. The summed E-state index contributed by atoms with van der Waals surface area (Å²) in [7, 11) is 4.35. The highest BCUT2D eigenvalue weighted by atomic mass is 16.6. The average molecular weight is 338 g/mol. The largest absolute Gasteiger partial charge is 0.486 e. The predicted octanol–water partition coefficient (Wildman–Crippen LogP) is 3.26. The Morgan fingerprint density at radius 1 is 0.960 bits per heavy atom. The lowest BCUT2D eigenvalue weighted by molar-refractivity contribution is 0.171. The Hall–Kier alpha value is -2.04. The lowest BCUT2D eigenvalue weighted by atomic mass is 10.0. The van der Waals surface area contributed by atoms with Crippen molar-refractivity contribution in [2.45, 2.75) is 19.0 Å². The van der Waals surface area contributed by atoms with Gasteiger partial charge in [-0.3, -0.25) is 4.90 Å². The minimum Gasteiger partial charge on any atom is -0.486 e. The molecule has 25 heavy (non-hydrogen) atoms. The highest BCUT2D eigenvalue weighted by Gasteiger charge is 2.23. The number of nitrogens with zero attached hydrogens (tertiary/aromatic N) is 2. The van der Waals surface area contributed by atoms with Crippen molar-refractivity contribution < 1.29 is 9.47 Å². The molecule has 2 aliphatic rings. The van der Waals surface area contributed by atoms with Gasteiger partial charge in [-0.05, 0) is 49.3 Å². The number of likely N-dealkylation sites (tertiary alicyclic amines) is 1. The molecule has 4 rings (SSSR count). The molecule has 1 saturated heterocycles. The normalized spacial score (nSPS) is 20.2. The number of fused-ring (bicyclic) bond motifs is 1. The van der Waals surface area contributed by atoms with Crippen molar-refractivity contribution in [3.8, 4) is 22.6 Å². The van der Waals surface area contributed by atoms with Crippen LogP contribution < -0.4 is 9.47 Å². The maximum Gasteiger partial charge on any atom is 0.161 e. The molecule has 0 aliphatic carbocycles. The molecule has 2 aliphatic heterocycles. The zero-order chi connectivity index (χ0) is 17.2. The standard InChI is InChI=1S/C21H26N2O2/c1-22(2)19-9-10-23(15-19)14-16-3-5-17(6-4-16)18-7-8-20-21(13-18)25-12-11-24-20/h3-8,13,19H,9-12,14-15H2,1-2H3. The van der Waals surface area contributed by atoms with Gasteiger partial charge in [-0.15, -0.1) is 0 Å². The van der Waals surface area contributed by atoms with Gasteiger partial charge < -0.3 is 14.4 Å². The van der Waals surface area contributed by atoms with Crippen LogP contribution in [0.25, 0.3) is 11.1 Å². The van der Waals surface area contributed by atoms with E-state index < -0.39 is 0 Å². The third-order valence-corrected chi connectivity index (χ3v) is 5.21. The Kier molecular flexibility index (Phi) is 4.64. The molecule has 4 heteroatoms.